The van der Waals surface area contributed by atoms with Crippen molar-refractivity contribution in [3.63, 3.8) is 0 Å². The van der Waals surface area contributed by atoms with Gasteiger partial charge < -0.3 is 10.1 Å². The molecular weight excluding hydrogens is 327 g/mol. The fraction of sp³-hybridized carbons (Fsp3) is 0.200. The van der Waals surface area contributed by atoms with Crippen LogP contribution in [0, 0.1) is 0 Å². The predicted molar refractivity (Wildman–Crippen MR) is 92.3 cm³/mol. The molecule has 0 aliphatic rings. The smallest absolute Gasteiger partial charge is 0.406 e. The zero-order valence-corrected chi connectivity index (χ0v) is 13.7. The average molecular weight is 345 g/mol. The zero-order chi connectivity index (χ0) is 17.9. The average Bonchev–Trinajstić information content (AvgIpc) is 2.58. The normalized spacial score (nSPS) is 13.0. The van der Waals surface area contributed by atoms with Crippen molar-refractivity contribution in [2.24, 2.45) is 0 Å². The van der Waals surface area contributed by atoms with Crippen molar-refractivity contribution in [3.8, 4) is 5.75 Å². The third kappa shape index (κ3) is 4.51. The van der Waals surface area contributed by atoms with E-state index in [9.17, 15) is 13.2 Å². The number of hydrogen-bond acceptors (Lipinski definition) is 2. The van der Waals surface area contributed by atoms with Crippen LogP contribution in [0.1, 0.15) is 24.1 Å². The maximum Gasteiger partial charge on any atom is 0.573 e. The second-order valence-corrected chi connectivity index (χ2v) is 5.87. The van der Waals surface area contributed by atoms with Crippen LogP contribution >= 0.6 is 0 Å². The number of halogens is 3. The Labute approximate surface area is 144 Å². The molecule has 0 aliphatic heterocycles. The Morgan fingerprint density at radius 2 is 1.68 bits per heavy atom. The van der Waals surface area contributed by atoms with Crippen molar-refractivity contribution in [2.75, 3.05) is 0 Å². The molecule has 25 heavy (non-hydrogen) atoms. The van der Waals surface area contributed by atoms with E-state index in [1.807, 2.05) is 25.1 Å². The Bertz CT molecular complexity index is 855. The first kappa shape index (κ1) is 17.3. The summed E-state index contributed by atoms with van der Waals surface area (Å²) in [5, 5.41) is 5.69. The summed E-state index contributed by atoms with van der Waals surface area (Å²) in [5.41, 5.74) is 1.88. The van der Waals surface area contributed by atoms with Gasteiger partial charge in [-0.2, -0.15) is 0 Å². The molecule has 1 N–H and O–H groups in total. The fourth-order valence-electron chi connectivity index (χ4n) is 2.86. The van der Waals surface area contributed by atoms with Crippen molar-refractivity contribution >= 4 is 10.8 Å². The maximum absolute atomic E-state index is 12.3. The zero-order valence-electron chi connectivity index (χ0n) is 13.7. The lowest BCUT2D eigenvalue weighted by Gasteiger charge is -2.17. The van der Waals surface area contributed by atoms with Crippen molar-refractivity contribution in [1.82, 2.24) is 5.32 Å². The van der Waals surface area contributed by atoms with Crippen LogP contribution in [0.2, 0.25) is 0 Å². The molecule has 2 nitrogen and oxygen atoms in total. The summed E-state index contributed by atoms with van der Waals surface area (Å²) in [6.07, 6.45) is -4.68. The van der Waals surface area contributed by atoms with Crippen LogP contribution in [0.4, 0.5) is 13.2 Å². The molecule has 0 bridgehead atoms. The molecule has 5 heteroatoms. The van der Waals surface area contributed by atoms with Gasteiger partial charge in [0, 0.05) is 12.6 Å². The second kappa shape index (κ2) is 7.15. The first-order chi connectivity index (χ1) is 11.9. The minimum atomic E-state index is -4.68. The lowest BCUT2D eigenvalue weighted by atomic mass is 9.99. The second-order valence-electron chi connectivity index (χ2n) is 5.87. The van der Waals surface area contributed by atoms with Gasteiger partial charge in [0.1, 0.15) is 5.75 Å². The highest BCUT2D eigenvalue weighted by Crippen LogP contribution is 2.26. The molecule has 3 aromatic carbocycles. The summed E-state index contributed by atoms with van der Waals surface area (Å²) < 4.78 is 40.9. The summed E-state index contributed by atoms with van der Waals surface area (Å²) >= 11 is 0. The molecule has 3 aromatic rings. The van der Waals surface area contributed by atoms with E-state index in [2.05, 4.69) is 34.3 Å². The van der Waals surface area contributed by atoms with E-state index in [-0.39, 0.29) is 11.8 Å². The van der Waals surface area contributed by atoms with Crippen LogP contribution in [0.3, 0.4) is 0 Å². The van der Waals surface area contributed by atoms with Gasteiger partial charge in [0.15, 0.2) is 0 Å². The molecule has 0 aliphatic carbocycles. The Kier molecular flexibility index (Phi) is 4.95. The van der Waals surface area contributed by atoms with E-state index in [4.69, 9.17) is 0 Å². The number of hydrogen-bond donors (Lipinski definition) is 1. The Morgan fingerprint density at radius 3 is 2.48 bits per heavy atom. The quantitative estimate of drug-likeness (QED) is 0.651. The molecule has 0 radical (unpaired) electrons. The van der Waals surface area contributed by atoms with E-state index >= 15 is 0 Å². The van der Waals surface area contributed by atoms with E-state index in [0.29, 0.717) is 6.54 Å². The van der Waals surface area contributed by atoms with Crippen LogP contribution in [-0.2, 0) is 6.54 Å². The standard InChI is InChI=1S/C20H18F3NO/c1-14(18-11-5-8-16-7-2-3-10-19(16)18)24-13-15-6-4-9-17(12-15)25-20(21,22)23/h2-12,14,24H,13H2,1H3. The topological polar surface area (TPSA) is 21.3 Å². The van der Waals surface area contributed by atoms with E-state index in [1.165, 1.54) is 17.5 Å². The number of nitrogens with one attached hydrogen (secondary N) is 1. The number of benzene rings is 3. The number of fused-ring (bicyclic) bond motifs is 1. The van der Waals surface area contributed by atoms with Gasteiger partial charge in [-0.25, -0.2) is 0 Å². The molecule has 3 rings (SSSR count). The molecule has 1 unspecified atom stereocenters. The van der Waals surface area contributed by atoms with Gasteiger partial charge in [-0.3, -0.25) is 0 Å². The highest BCUT2D eigenvalue weighted by atomic mass is 19.4. The van der Waals surface area contributed by atoms with Gasteiger partial charge in [0.2, 0.25) is 0 Å². The fourth-order valence-corrected chi connectivity index (χ4v) is 2.86. The summed E-state index contributed by atoms with van der Waals surface area (Å²) in [7, 11) is 0. The number of rotatable bonds is 5. The summed E-state index contributed by atoms with van der Waals surface area (Å²) in [4.78, 5) is 0. The maximum atomic E-state index is 12.3. The molecule has 0 fully saturated rings. The molecule has 0 aromatic heterocycles. The Hall–Kier alpha value is -2.53. The third-order valence-corrected chi connectivity index (χ3v) is 4.03. The van der Waals surface area contributed by atoms with E-state index < -0.39 is 6.36 Å². The number of alkyl halides is 3. The first-order valence-corrected chi connectivity index (χ1v) is 7.98. The lowest BCUT2D eigenvalue weighted by Crippen LogP contribution is -2.19. The molecule has 0 heterocycles. The Balaban J connectivity index is 1.72. The minimum Gasteiger partial charge on any atom is -0.406 e. The molecular formula is C20H18F3NO. The first-order valence-electron chi connectivity index (χ1n) is 7.98. The van der Waals surface area contributed by atoms with Gasteiger partial charge >= 0.3 is 6.36 Å². The number of ether oxygens (including phenoxy) is 1. The summed E-state index contributed by atoms with van der Waals surface area (Å²) in [6, 6.07) is 20.3. The third-order valence-electron chi connectivity index (χ3n) is 4.03. The van der Waals surface area contributed by atoms with Crippen LogP contribution in [0.5, 0.6) is 5.75 Å². The van der Waals surface area contributed by atoms with Gasteiger partial charge in [0.25, 0.3) is 0 Å². The highest BCUT2D eigenvalue weighted by molar-refractivity contribution is 5.86. The van der Waals surface area contributed by atoms with Crippen LogP contribution in [0.25, 0.3) is 10.8 Å². The van der Waals surface area contributed by atoms with Crippen LogP contribution in [0.15, 0.2) is 66.7 Å². The predicted octanol–water partition coefficient (Wildman–Crippen LogP) is 5.59. The molecule has 130 valence electrons. The van der Waals surface area contributed by atoms with E-state index in [1.54, 1.807) is 12.1 Å². The lowest BCUT2D eigenvalue weighted by molar-refractivity contribution is -0.274. The summed E-state index contributed by atoms with van der Waals surface area (Å²) in [6.45, 7) is 2.48. The van der Waals surface area contributed by atoms with Crippen molar-refractivity contribution < 1.29 is 17.9 Å². The van der Waals surface area contributed by atoms with Gasteiger partial charge in [-0.15, -0.1) is 13.2 Å². The van der Waals surface area contributed by atoms with Gasteiger partial charge in [-0.1, -0.05) is 54.6 Å². The molecule has 0 spiro atoms. The van der Waals surface area contributed by atoms with Gasteiger partial charge in [-0.05, 0) is 41.0 Å². The molecule has 0 saturated heterocycles. The molecule has 0 amide bonds. The van der Waals surface area contributed by atoms with Crippen LogP contribution < -0.4 is 10.1 Å². The monoisotopic (exact) mass is 345 g/mol. The van der Waals surface area contributed by atoms with Crippen molar-refractivity contribution in [1.29, 1.82) is 0 Å². The molecule has 0 saturated carbocycles. The largest absolute Gasteiger partial charge is 0.573 e. The van der Waals surface area contributed by atoms with Crippen molar-refractivity contribution in [3.05, 3.63) is 77.9 Å². The van der Waals surface area contributed by atoms with Crippen molar-refractivity contribution in [2.45, 2.75) is 25.9 Å². The Morgan fingerprint density at radius 1 is 0.960 bits per heavy atom. The molecule has 1 atom stereocenters. The highest BCUT2D eigenvalue weighted by Gasteiger charge is 2.31. The summed E-state index contributed by atoms with van der Waals surface area (Å²) in [5.74, 6) is -0.204. The van der Waals surface area contributed by atoms with Crippen LogP contribution in [-0.4, -0.2) is 6.36 Å². The van der Waals surface area contributed by atoms with Gasteiger partial charge in [0.05, 0.1) is 0 Å². The van der Waals surface area contributed by atoms with E-state index in [0.717, 1.165) is 16.5 Å². The SMILES string of the molecule is CC(NCc1cccc(OC(F)(F)F)c1)c1cccc2ccccc12. The minimum absolute atomic E-state index is 0.0540.